The van der Waals surface area contributed by atoms with Crippen molar-refractivity contribution < 1.29 is 9.84 Å². The lowest BCUT2D eigenvalue weighted by Gasteiger charge is -2.21. The topological polar surface area (TPSA) is 55.5 Å². The molecule has 0 aromatic heterocycles. The first-order valence-electron chi connectivity index (χ1n) is 7.59. The molecule has 3 nitrogen and oxygen atoms in total. The fourth-order valence-corrected chi connectivity index (χ4v) is 2.40. The van der Waals surface area contributed by atoms with Crippen LogP contribution in [0.1, 0.15) is 50.7 Å². The second kappa shape index (κ2) is 8.28. The number of aliphatic hydroxyl groups excluding tert-OH is 1. The Morgan fingerprint density at radius 3 is 2.50 bits per heavy atom. The van der Waals surface area contributed by atoms with Crippen LogP contribution in [-0.4, -0.2) is 24.4 Å². The first kappa shape index (κ1) is 17.0. The van der Waals surface area contributed by atoms with Crippen molar-refractivity contribution >= 4 is 0 Å². The van der Waals surface area contributed by atoms with Gasteiger partial charge in [0.15, 0.2) is 0 Å². The number of nitrogens with two attached hydrogens (primary N) is 1. The average Bonchev–Trinajstić information content (AvgIpc) is 2.42. The number of hydrogen-bond donors (Lipinski definition) is 2. The predicted molar refractivity (Wildman–Crippen MR) is 84.2 cm³/mol. The lowest BCUT2D eigenvalue weighted by molar-refractivity contribution is 0.162. The summed E-state index contributed by atoms with van der Waals surface area (Å²) < 4.78 is 5.75. The molecule has 0 saturated carbocycles. The molecule has 114 valence electrons. The second-order valence-electron chi connectivity index (χ2n) is 5.95. The molecule has 0 fully saturated rings. The Kier molecular flexibility index (Phi) is 7.03. The zero-order valence-corrected chi connectivity index (χ0v) is 13.2. The third-order valence-corrected chi connectivity index (χ3v) is 3.59. The van der Waals surface area contributed by atoms with Crippen molar-refractivity contribution in [2.45, 2.75) is 52.6 Å². The smallest absolute Gasteiger partial charge is 0.119 e. The van der Waals surface area contributed by atoms with Gasteiger partial charge in [0.1, 0.15) is 5.75 Å². The molecular weight excluding hydrogens is 250 g/mol. The Morgan fingerprint density at radius 2 is 2.00 bits per heavy atom. The molecule has 0 heterocycles. The highest BCUT2D eigenvalue weighted by molar-refractivity contribution is 5.37. The molecule has 0 aliphatic heterocycles. The molecule has 0 aliphatic rings. The molecule has 0 aliphatic carbocycles. The summed E-state index contributed by atoms with van der Waals surface area (Å²) in [4.78, 5) is 0. The van der Waals surface area contributed by atoms with Gasteiger partial charge in [0.05, 0.1) is 12.7 Å². The second-order valence-corrected chi connectivity index (χ2v) is 5.95. The van der Waals surface area contributed by atoms with Gasteiger partial charge in [0, 0.05) is 6.54 Å². The molecule has 20 heavy (non-hydrogen) atoms. The Labute approximate surface area is 123 Å². The summed E-state index contributed by atoms with van der Waals surface area (Å²) >= 11 is 0. The first-order valence-corrected chi connectivity index (χ1v) is 7.59. The predicted octanol–water partition coefficient (Wildman–Crippen LogP) is 3.23. The summed E-state index contributed by atoms with van der Waals surface area (Å²) in [5.74, 6) is 1.81. The highest BCUT2D eigenvalue weighted by Crippen LogP contribution is 2.29. The monoisotopic (exact) mass is 279 g/mol. The number of aryl methyl sites for hydroxylation is 1. The molecule has 1 rings (SSSR count). The molecule has 2 unspecified atom stereocenters. The molecule has 0 spiro atoms. The highest BCUT2D eigenvalue weighted by atomic mass is 16.5. The van der Waals surface area contributed by atoms with Gasteiger partial charge in [-0.25, -0.2) is 0 Å². The summed E-state index contributed by atoms with van der Waals surface area (Å²) in [5.41, 5.74) is 8.03. The van der Waals surface area contributed by atoms with E-state index in [9.17, 15) is 5.11 Å². The van der Waals surface area contributed by atoms with Gasteiger partial charge in [0.2, 0.25) is 0 Å². The minimum Gasteiger partial charge on any atom is -0.493 e. The van der Waals surface area contributed by atoms with E-state index in [2.05, 4.69) is 39.8 Å². The van der Waals surface area contributed by atoms with Gasteiger partial charge in [-0.1, -0.05) is 26.8 Å². The summed E-state index contributed by atoms with van der Waals surface area (Å²) in [6, 6.07) is 6.25. The molecule has 0 bridgehead atoms. The number of ether oxygens (including phenoxy) is 1. The summed E-state index contributed by atoms with van der Waals surface area (Å²) in [6.45, 7) is 9.60. The molecule has 3 N–H and O–H groups in total. The van der Waals surface area contributed by atoms with Crippen molar-refractivity contribution in [2.24, 2.45) is 11.7 Å². The largest absolute Gasteiger partial charge is 0.493 e. The average molecular weight is 279 g/mol. The van der Waals surface area contributed by atoms with E-state index in [4.69, 9.17) is 10.5 Å². The number of hydrogen-bond acceptors (Lipinski definition) is 3. The fraction of sp³-hybridized carbons (Fsp3) is 0.647. The van der Waals surface area contributed by atoms with E-state index in [0.717, 1.165) is 25.2 Å². The van der Waals surface area contributed by atoms with Crippen LogP contribution in [0.5, 0.6) is 5.75 Å². The van der Waals surface area contributed by atoms with Crippen LogP contribution in [0.25, 0.3) is 0 Å². The molecule has 2 atom stereocenters. The van der Waals surface area contributed by atoms with E-state index in [1.165, 1.54) is 11.1 Å². The van der Waals surface area contributed by atoms with Gasteiger partial charge < -0.3 is 15.6 Å². The molecule has 0 radical (unpaired) electrons. The standard InChI is InChI=1S/C17H29NO2/c1-5-14(9-15(19)10-18)17-7-6-16(8-13(17)4)20-11-12(2)3/h6-8,12,14-15,19H,5,9-11,18H2,1-4H3. The minimum absolute atomic E-state index is 0.325. The van der Waals surface area contributed by atoms with Gasteiger partial charge in [-0.05, 0) is 54.9 Å². The van der Waals surface area contributed by atoms with Crippen LogP contribution in [0.15, 0.2) is 18.2 Å². The maximum Gasteiger partial charge on any atom is 0.119 e. The van der Waals surface area contributed by atoms with E-state index >= 15 is 0 Å². The third kappa shape index (κ3) is 5.14. The summed E-state index contributed by atoms with van der Waals surface area (Å²) in [5, 5.41) is 9.76. The van der Waals surface area contributed by atoms with Crippen molar-refractivity contribution in [3.8, 4) is 5.75 Å². The lowest BCUT2D eigenvalue weighted by atomic mass is 9.88. The van der Waals surface area contributed by atoms with Crippen LogP contribution < -0.4 is 10.5 Å². The number of rotatable bonds is 8. The van der Waals surface area contributed by atoms with Gasteiger partial charge in [-0.3, -0.25) is 0 Å². The van der Waals surface area contributed by atoms with Crippen LogP contribution in [0.4, 0.5) is 0 Å². The summed E-state index contributed by atoms with van der Waals surface area (Å²) in [6.07, 6.45) is 1.31. The third-order valence-electron chi connectivity index (χ3n) is 3.59. The Morgan fingerprint density at radius 1 is 1.30 bits per heavy atom. The SMILES string of the molecule is CCC(CC(O)CN)c1ccc(OCC(C)C)cc1C. The van der Waals surface area contributed by atoms with Crippen molar-refractivity contribution in [3.05, 3.63) is 29.3 Å². The fourth-order valence-electron chi connectivity index (χ4n) is 2.40. The molecule has 0 saturated heterocycles. The van der Waals surface area contributed by atoms with Crippen molar-refractivity contribution in [3.63, 3.8) is 0 Å². The molecule has 3 heteroatoms. The maximum atomic E-state index is 9.76. The Hall–Kier alpha value is -1.06. The molecule has 1 aromatic carbocycles. The van der Waals surface area contributed by atoms with E-state index in [-0.39, 0.29) is 0 Å². The molecule has 1 aromatic rings. The van der Waals surface area contributed by atoms with Gasteiger partial charge in [-0.2, -0.15) is 0 Å². The van der Waals surface area contributed by atoms with Crippen LogP contribution in [0, 0.1) is 12.8 Å². The molecule has 0 amide bonds. The van der Waals surface area contributed by atoms with Crippen LogP contribution in [0.3, 0.4) is 0 Å². The van der Waals surface area contributed by atoms with Crippen LogP contribution in [0.2, 0.25) is 0 Å². The van der Waals surface area contributed by atoms with E-state index in [1.54, 1.807) is 0 Å². The first-order chi connectivity index (χ1) is 9.47. The number of aliphatic hydroxyl groups is 1. The normalized spacial score (nSPS) is 14.3. The zero-order chi connectivity index (χ0) is 15.1. The van der Waals surface area contributed by atoms with E-state index in [0.29, 0.717) is 18.4 Å². The quantitative estimate of drug-likeness (QED) is 0.768. The highest BCUT2D eigenvalue weighted by Gasteiger charge is 2.16. The molecular formula is C17H29NO2. The van der Waals surface area contributed by atoms with Gasteiger partial charge >= 0.3 is 0 Å². The Balaban J connectivity index is 2.79. The van der Waals surface area contributed by atoms with Crippen LogP contribution >= 0.6 is 0 Å². The Bertz CT molecular complexity index is 404. The lowest BCUT2D eigenvalue weighted by Crippen LogP contribution is -2.22. The minimum atomic E-state index is -0.420. The zero-order valence-electron chi connectivity index (χ0n) is 13.2. The number of benzene rings is 1. The summed E-state index contributed by atoms with van der Waals surface area (Å²) in [7, 11) is 0. The van der Waals surface area contributed by atoms with Gasteiger partial charge in [0.25, 0.3) is 0 Å². The maximum absolute atomic E-state index is 9.76. The van der Waals surface area contributed by atoms with Crippen molar-refractivity contribution in [1.29, 1.82) is 0 Å². The van der Waals surface area contributed by atoms with Gasteiger partial charge in [-0.15, -0.1) is 0 Å². The van der Waals surface area contributed by atoms with E-state index < -0.39 is 6.10 Å². The van der Waals surface area contributed by atoms with Crippen LogP contribution in [-0.2, 0) is 0 Å². The van der Waals surface area contributed by atoms with Crippen molar-refractivity contribution in [1.82, 2.24) is 0 Å². The van der Waals surface area contributed by atoms with Crippen molar-refractivity contribution in [2.75, 3.05) is 13.2 Å². The van der Waals surface area contributed by atoms with E-state index in [1.807, 2.05) is 6.07 Å².